The van der Waals surface area contributed by atoms with Crippen molar-refractivity contribution < 1.29 is 19.2 Å². The highest BCUT2D eigenvalue weighted by molar-refractivity contribution is 6.33. The minimum atomic E-state index is -1.91. The number of piperidine rings is 2. The molecule has 0 unspecified atom stereocenters. The van der Waals surface area contributed by atoms with Crippen LogP contribution in [0.1, 0.15) is 11.1 Å². The van der Waals surface area contributed by atoms with Crippen LogP contribution in [0, 0.1) is 17.3 Å². The normalized spacial score (nSPS) is 25.3. The van der Waals surface area contributed by atoms with Gasteiger partial charge >= 0.3 is 0 Å². The summed E-state index contributed by atoms with van der Waals surface area (Å²) in [6, 6.07) is 45.5. The van der Waals surface area contributed by atoms with Gasteiger partial charge in [0.05, 0.1) is 17.5 Å². The highest BCUT2D eigenvalue weighted by atomic mass is 16.2. The van der Waals surface area contributed by atoms with Crippen molar-refractivity contribution in [2.75, 3.05) is 14.7 Å². The van der Waals surface area contributed by atoms with Gasteiger partial charge in [0, 0.05) is 11.4 Å². The van der Waals surface area contributed by atoms with Crippen LogP contribution >= 0.6 is 0 Å². The van der Waals surface area contributed by atoms with E-state index in [0.29, 0.717) is 22.6 Å². The molecule has 46 heavy (non-hydrogen) atoms. The zero-order valence-corrected chi connectivity index (χ0v) is 24.8. The summed E-state index contributed by atoms with van der Waals surface area (Å²) in [5.74, 6) is -4.37. The number of carbonyl (C=O) groups excluding carboxylic acids is 4. The van der Waals surface area contributed by atoms with E-state index in [-0.39, 0.29) is 6.42 Å². The number of carbonyl (C=O) groups is 4. The zero-order chi connectivity index (χ0) is 31.5. The number of hydrogen-bond acceptors (Lipinski definition) is 4. The second-order valence-corrected chi connectivity index (χ2v) is 12.0. The Labute approximate surface area is 266 Å². The van der Waals surface area contributed by atoms with E-state index >= 15 is 14.4 Å². The number of amides is 4. The van der Waals surface area contributed by atoms with E-state index in [1.165, 1.54) is 4.90 Å². The van der Waals surface area contributed by atoms with E-state index in [2.05, 4.69) is 0 Å². The van der Waals surface area contributed by atoms with Crippen LogP contribution in [0.4, 0.5) is 17.1 Å². The van der Waals surface area contributed by atoms with Crippen molar-refractivity contribution in [2.45, 2.75) is 12.1 Å². The molecular formula is C39H29N3O4. The first-order valence-electron chi connectivity index (χ1n) is 15.3. The van der Waals surface area contributed by atoms with E-state index in [9.17, 15) is 4.79 Å². The summed E-state index contributed by atoms with van der Waals surface area (Å²) in [6.07, 6.45) is -0.0497. The largest absolute Gasteiger partial charge is 0.282 e. The van der Waals surface area contributed by atoms with E-state index < -0.39 is 46.5 Å². The fraction of sp³-hybridized carbons (Fsp3) is 0.128. The van der Waals surface area contributed by atoms with Crippen LogP contribution in [-0.4, -0.2) is 23.6 Å². The fourth-order valence-electron chi connectivity index (χ4n) is 7.93. The molecule has 5 aromatic carbocycles. The van der Waals surface area contributed by atoms with Gasteiger partial charge in [0.2, 0.25) is 23.6 Å². The third-order valence-electron chi connectivity index (χ3n) is 9.69. The molecule has 4 heterocycles. The van der Waals surface area contributed by atoms with Gasteiger partial charge in [-0.25, -0.2) is 4.90 Å². The standard InChI is InChI=1S/C39H29N3O4/c43-34-32-33(35(44)40(34)29-20-10-3-11-21-29)39(28-18-8-2-9-19-28)41(30-22-12-4-13-23-30)36(45)38(32,26-27-16-6-1-7-17-27)37(46)42(39)31-24-14-5-15-25-31/h1-25,32-33H,26H2/t32-,33+,38?,39?/m1/s1. The van der Waals surface area contributed by atoms with Gasteiger partial charge in [0.25, 0.3) is 0 Å². The van der Waals surface area contributed by atoms with Gasteiger partial charge in [-0.1, -0.05) is 115 Å². The lowest BCUT2D eigenvalue weighted by Gasteiger charge is -2.66. The van der Waals surface area contributed by atoms with Gasteiger partial charge in [-0.3, -0.25) is 29.0 Å². The Morgan fingerprint density at radius 2 is 0.848 bits per heavy atom. The molecular weight excluding hydrogens is 574 g/mol. The lowest BCUT2D eigenvalue weighted by Crippen LogP contribution is -2.84. The Kier molecular flexibility index (Phi) is 6.25. The molecule has 0 N–H and O–H groups in total. The monoisotopic (exact) mass is 603 g/mol. The van der Waals surface area contributed by atoms with Crippen molar-refractivity contribution >= 4 is 40.7 Å². The third kappa shape index (κ3) is 3.59. The maximum Gasteiger partial charge on any atom is 0.246 e. The SMILES string of the molecule is O=C1[C@@H]2[C@H](C(=O)N1c1ccccc1)C1(Cc3ccccc3)C(=O)N(c3ccccc3)C2(c2ccccc2)N(c2ccccc2)C1=O. The highest BCUT2D eigenvalue weighted by Gasteiger charge is 2.82. The summed E-state index contributed by atoms with van der Waals surface area (Å²) in [5, 5.41) is 0. The first kappa shape index (κ1) is 27.7. The summed E-state index contributed by atoms with van der Waals surface area (Å²) in [5.41, 5.74) is -0.873. The molecule has 4 saturated heterocycles. The summed E-state index contributed by atoms with van der Waals surface area (Å²) in [7, 11) is 0. The van der Waals surface area contributed by atoms with Crippen molar-refractivity contribution in [3.63, 3.8) is 0 Å². The number of rotatable bonds is 6. The Balaban J connectivity index is 1.52. The summed E-state index contributed by atoms with van der Waals surface area (Å²) in [4.78, 5) is 65.4. The molecule has 4 amide bonds. The number of anilines is 3. The van der Waals surface area contributed by atoms with Crippen molar-refractivity contribution in [1.82, 2.24) is 0 Å². The quantitative estimate of drug-likeness (QED) is 0.177. The van der Waals surface area contributed by atoms with Crippen LogP contribution in [0.2, 0.25) is 0 Å². The molecule has 2 atom stereocenters. The Bertz CT molecular complexity index is 1910. The number of fused-ring (bicyclic) bond motifs is 2. The van der Waals surface area contributed by atoms with Crippen molar-refractivity contribution in [3.05, 3.63) is 163 Å². The Morgan fingerprint density at radius 3 is 1.33 bits per heavy atom. The number of nitrogens with zero attached hydrogens (tertiary/aromatic N) is 3. The minimum absolute atomic E-state index is 0.0497. The van der Waals surface area contributed by atoms with Crippen LogP contribution in [0.3, 0.4) is 0 Å². The molecule has 0 spiro atoms. The van der Waals surface area contributed by atoms with E-state index in [1.54, 1.807) is 34.1 Å². The maximum absolute atomic E-state index is 15.5. The number of hydrogen-bond donors (Lipinski definition) is 0. The van der Waals surface area contributed by atoms with Gasteiger partial charge in [-0.2, -0.15) is 0 Å². The van der Waals surface area contributed by atoms with Crippen LogP contribution in [-0.2, 0) is 31.3 Å². The molecule has 7 heteroatoms. The predicted molar refractivity (Wildman–Crippen MR) is 174 cm³/mol. The summed E-state index contributed by atoms with van der Waals surface area (Å²) >= 11 is 0. The average Bonchev–Trinajstić information content (AvgIpc) is 3.38. The van der Waals surface area contributed by atoms with E-state index in [4.69, 9.17) is 0 Å². The van der Waals surface area contributed by atoms with E-state index in [1.807, 2.05) is 127 Å². The lowest BCUT2D eigenvalue weighted by atomic mass is 9.53. The Hall–Kier alpha value is -5.82. The molecule has 0 radical (unpaired) electrons. The van der Waals surface area contributed by atoms with Gasteiger partial charge in [-0.05, 0) is 53.9 Å². The molecule has 0 aromatic heterocycles. The fourth-order valence-corrected chi connectivity index (χ4v) is 7.93. The van der Waals surface area contributed by atoms with Gasteiger partial charge in [0.15, 0.2) is 5.66 Å². The topological polar surface area (TPSA) is 78.0 Å². The first-order valence-corrected chi connectivity index (χ1v) is 15.3. The third-order valence-corrected chi connectivity index (χ3v) is 9.69. The smallest absolute Gasteiger partial charge is 0.246 e. The van der Waals surface area contributed by atoms with E-state index in [0.717, 1.165) is 5.56 Å². The molecule has 4 aliphatic heterocycles. The predicted octanol–water partition coefficient (Wildman–Crippen LogP) is 5.97. The molecule has 0 aliphatic carbocycles. The number of imide groups is 1. The summed E-state index contributed by atoms with van der Waals surface area (Å²) in [6.45, 7) is 0. The molecule has 5 aromatic rings. The van der Waals surface area contributed by atoms with Crippen LogP contribution in [0.15, 0.2) is 152 Å². The van der Waals surface area contributed by atoms with Crippen LogP contribution in [0.25, 0.3) is 0 Å². The van der Waals surface area contributed by atoms with Crippen LogP contribution < -0.4 is 14.7 Å². The first-order chi connectivity index (χ1) is 22.5. The van der Waals surface area contributed by atoms with Gasteiger partial charge in [-0.15, -0.1) is 0 Å². The minimum Gasteiger partial charge on any atom is -0.282 e. The molecule has 4 aliphatic rings. The second-order valence-electron chi connectivity index (χ2n) is 12.0. The Morgan fingerprint density at radius 1 is 0.457 bits per heavy atom. The molecule has 0 saturated carbocycles. The molecule has 9 rings (SSSR count). The highest BCUT2D eigenvalue weighted by Crippen LogP contribution is 2.65. The van der Waals surface area contributed by atoms with Gasteiger partial charge in [0.1, 0.15) is 5.41 Å². The number of para-hydroxylation sites is 3. The lowest BCUT2D eigenvalue weighted by molar-refractivity contribution is -0.167. The van der Waals surface area contributed by atoms with Crippen molar-refractivity contribution in [2.24, 2.45) is 17.3 Å². The summed E-state index contributed by atoms with van der Waals surface area (Å²) < 4.78 is 0. The maximum atomic E-state index is 15.5. The molecule has 4 fully saturated rings. The second kappa shape index (κ2) is 10.4. The molecule has 224 valence electrons. The molecule has 7 nitrogen and oxygen atoms in total. The number of benzene rings is 5. The van der Waals surface area contributed by atoms with Crippen LogP contribution in [0.5, 0.6) is 0 Å². The van der Waals surface area contributed by atoms with Crippen molar-refractivity contribution in [1.29, 1.82) is 0 Å². The zero-order valence-electron chi connectivity index (χ0n) is 24.8. The van der Waals surface area contributed by atoms with Gasteiger partial charge < -0.3 is 0 Å². The molecule has 2 bridgehead atoms. The average molecular weight is 604 g/mol. The van der Waals surface area contributed by atoms with Crippen molar-refractivity contribution in [3.8, 4) is 0 Å².